The number of hydrogen-bond acceptors (Lipinski definition) is 7. The fraction of sp³-hybridized carbons (Fsp3) is 0.222. The van der Waals surface area contributed by atoms with Crippen molar-refractivity contribution in [2.24, 2.45) is 0 Å². The van der Waals surface area contributed by atoms with Crippen molar-refractivity contribution in [2.45, 2.75) is 5.25 Å². The van der Waals surface area contributed by atoms with Gasteiger partial charge in [0, 0.05) is 7.05 Å². The predicted molar refractivity (Wildman–Crippen MR) is 69.7 cm³/mol. The minimum Gasteiger partial charge on any atom is -0.296 e. The first-order chi connectivity index (χ1) is 7.97. The number of hydrogen-bond donors (Lipinski definition) is 1. The first-order valence-corrected chi connectivity index (χ1v) is 6.51. The van der Waals surface area contributed by atoms with Crippen LogP contribution in [-0.4, -0.2) is 38.9 Å². The van der Waals surface area contributed by atoms with E-state index in [9.17, 15) is 9.59 Å². The highest BCUT2D eigenvalue weighted by molar-refractivity contribution is 8.23. The smallest absolute Gasteiger partial charge is 0.268 e. The number of likely N-dealkylation sites (N-methyl/N-ethyl adjacent to an activating group) is 1. The number of rotatable bonds is 1. The van der Waals surface area contributed by atoms with Gasteiger partial charge in [-0.25, -0.2) is 0 Å². The van der Waals surface area contributed by atoms with Gasteiger partial charge >= 0.3 is 0 Å². The highest BCUT2D eigenvalue weighted by Crippen LogP contribution is 2.44. The molecule has 17 heavy (non-hydrogen) atoms. The van der Waals surface area contributed by atoms with Gasteiger partial charge in [0.05, 0.1) is 14.9 Å². The quantitative estimate of drug-likeness (QED) is 0.569. The molecule has 2 heterocycles. The third-order valence-electron chi connectivity index (χ3n) is 2.24. The lowest BCUT2D eigenvalue weighted by molar-refractivity contribution is -0.135. The van der Waals surface area contributed by atoms with Crippen LogP contribution in [0.25, 0.3) is 0 Å². The van der Waals surface area contributed by atoms with Gasteiger partial charge in [-0.05, 0) is 0 Å². The summed E-state index contributed by atoms with van der Waals surface area (Å²) in [6.45, 7) is 0. The molecule has 2 rings (SSSR count). The van der Waals surface area contributed by atoms with E-state index in [-0.39, 0.29) is 20.7 Å². The standard InChI is InChI=1S/C9H5N3O2S3/c1-12-8(13)5-6(9(12)14)17-7(11)4(16-5)3(15)2-10/h4,11H,1H3. The van der Waals surface area contributed by atoms with Crippen LogP contribution in [0.15, 0.2) is 9.81 Å². The maximum Gasteiger partial charge on any atom is 0.268 e. The Hall–Kier alpha value is -1.17. The van der Waals surface area contributed by atoms with Gasteiger partial charge in [-0.1, -0.05) is 24.0 Å². The van der Waals surface area contributed by atoms with E-state index in [0.29, 0.717) is 4.91 Å². The van der Waals surface area contributed by atoms with Crippen molar-refractivity contribution in [3.8, 4) is 6.07 Å². The van der Waals surface area contributed by atoms with Gasteiger partial charge in [0.1, 0.15) is 16.2 Å². The van der Waals surface area contributed by atoms with E-state index >= 15 is 0 Å². The lowest BCUT2D eigenvalue weighted by atomic mass is 10.3. The van der Waals surface area contributed by atoms with Crippen molar-refractivity contribution in [3.05, 3.63) is 9.81 Å². The predicted octanol–water partition coefficient (Wildman–Crippen LogP) is 0.916. The molecule has 0 aliphatic carbocycles. The molecule has 0 saturated heterocycles. The largest absolute Gasteiger partial charge is 0.296 e. The molecule has 1 unspecified atom stereocenters. The van der Waals surface area contributed by atoms with Gasteiger partial charge in [-0.3, -0.25) is 19.9 Å². The second-order valence-electron chi connectivity index (χ2n) is 3.27. The molecule has 0 aromatic carbocycles. The molecule has 0 bridgehead atoms. The van der Waals surface area contributed by atoms with Crippen LogP contribution >= 0.6 is 35.7 Å². The summed E-state index contributed by atoms with van der Waals surface area (Å²) in [6, 6.07) is 1.81. The zero-order chi connectivity index (χ0) is 12.7. The van der Waals surface area contributed by atoms with Crippen LogP contribution < -0.4 is 0 Å². The number of nitriles is 1. The van der Waals surface area contributed by atoms with E-state index in [4.69, 9.17) is 22.9 Å². The minimum atomic E-state index is -0.623. The average molecular weight is 283 g/mol. The molecule has 0 fully saturated rings. The zero-order valence-corrected chi connectivity index (χ0v) is 11.0. The highest BCUT2D eigenvalue weighted by Gasteiger charge is 2.43. The van der Waals surface area contributed by atoms with Gasteiger partial charge < -0.3 is 0 Å². The fourth-order valence-corrected chi connectivity index (χ4v) is 4.03. The second-order valence-corrected chi connectivity index (χ2v) is 5.88. The van der Waals surface area contributed by atoms with Crippen molar-refractivity contribution < 1.29 is 9.59 Å². The fourth-order valence-electron chi connectivity index (χ4n) is 1.35. The Kier molecular flexibility index (Phi) is 3.07. The van der Waals surface area contributed by atoms with Crippen LogP contribution in [0.3, 0.4) is 0 Å². The maximum absolute atomic E-state index is 11.7. The summed E-state index contributed by atoms with van der Waals surface area (Å²) in [5, 5.41) is 16.0. The van der Waals surface area contributed by atoms with E-state index < -0.39 is 11.2 Å². The molecule has 0 spiro atoms. The number of imide groups is 1. The summed E-state index contributed by atoms with van der Waals surface area (Å²) >= 11 is 6.77. The number of nitrogens with one attached hydrogen (secondary N) is 1. The first-order valence-electron chi connectivity index (χ1n) is 4.41. The Morgan fingerprint density at radius 2 is 2.06 bits per heavy atom. The highest BCUT2D eigenvalue weighted by atomic mass is 32.2. The Balaban J connectivity index is 2.39. The molecule has 8 heteroatoms. The number of amides is 2. The van der Waals surface area contributed by atoms with Crippen molar-refractivity contribution in [1.82, 2.24) is 4.90 Å². The van der Waals surface area contributed by atoms with E-state index in [1.54, 1.807) is 6.07 Å². The van der Waals surface area contributed by atoms with E-state index in [1.807, 2.05) is 0 Å². The van der Waals surface area contributed by atoms with Crippen molar-refractivity contribution in [1.29, 1.82) is 10.7 Å². The van der Waals surface area contributed by atoms with Crippen LogP contribution in [0.4, 0.5) is 0 Å². The molecular formula is C9H5N3O2S3. The second kappa shape index (κ2) is 4.25. The van der Waals surface area contributed by atoms with Gasteiger partial charge in [-0.15, -0.1) is 11.8 Å². The molecule has 2 aliphatic rings. The van der Waals surface area contributed by atoms with Gasteiger partial charge in [0.25, 0.3) is 11.8 Å². The van der Waals surface area contributed by atoms with Gasteiger partial charge in [0.15, 0.2) is 0 Å². The molecular weight excluding hydrogens is 278 g/mol. The molecule has 0 saturated carbocycles. The molecule has 0 aromatic rings. The normalized spacial score (nSPS) is 23.9. The Labute approximate surface area is 111 Å². The zero-order valence-electron chi connectivity index (χ0n) is 8.51. The lowest BCUT2D eigenvalue weighted by Gasteiger charge is -2.19. The lowest BCUT2D eigenvalue weighted by Crippen LogP contribution is -2.26. The molecule has 5 nitrogen and oxygen atoms in total. The summed E-state index contributed by atoms with van der Waals surface area (Å²) in [5.74, 6) is -0.783. The summed E-state index contributed by atoms with van der Waals surface area (Å²) < 4.78 is 0. The number of carbonyl (C=O) groups is 2. The molecule has 1 N–H and O–H groups in total. The number of carbonyl (C=O) groups excluding carboxylic acids is 2. The van der Waals surface area contributed by atoms with Crippen LogP contribution in [0, 0.1) is 16.7 Å². The first kappa shape index (κ1) is 12.3. The van der Waals surface area contributed by atoms with Gasteiger partial charge in [-0.2, -0.15) is 5.26 Å². The van der Waals surface area contributed by atoms with E-state index in [2.05, 4.69) is 0 Å². The molecule has 2 amide bonds. The third-order valence-corrected chi connectivity index (χ3v) is 5.35. The Morgan fingerprint density at radius 1 is 1.47 bits per heavy atom. The number of thiocarbonyl (C=S) groups is 1. The van der Waals surface area contributed by atoms with Crippen molar-refractivity contribution in [2.75, 3.05) is 7.05 Å². The van der Waals surface area contributed by atoms with Crippen LogP contribution in [0.2, 0.25) is 0 Å². The van der Waals surface area contributed by atoms with E-state index in [0.717, 1.165) is 28.4 Å². The third kappa shape index (κ3) is 1.80. The molecule has 86 valence electrons. The summed E-state index contributed by atoms with van der Waals surface area (Å²) in [5.41, 5.74) is 0. The Morgan fingerprint density at radius 3 is 2.65 bits per heavy atom. The van der Waals surface area contributed by atoms with E-state index in [1.165, 1.54) is 7.05 Å². The molecule has 2 aliphatic heterocycles. The molecule has 1 atom stereocenters. The minimum absolute atomic E-state index is 0.0499. The molecule has 0 radical (unpaired) electrons. The maximum atomic E-state index is 11.7. The van der Waals surface area contributed by atoms with Crippen molar-refractivity contribution >= 4 is 57.5 Å². The Bertz CT molecular complexity index is 546. The summed E-state index contributed by atoms with van der Waals surface area (Å²) in [6.07, 6.45) is 0. The van der Waals surface area contributed by atoms with Crippen molar-refractivity contribution in [3.63, 3.8) is 0 Å². The van der Waals surface area contributed by atoms with Crippen LogP contribution in [0.5, 0.6) is 0 Å². The molecule has 0 aromatic heterocycles. The number of thioether (sulfide) groups is 2. The van der Waals surface area contributed by atoms with Gasteiger partial charge in [0.2, 0.25) is 0 Å². The average Bonchev–Trinajstić information content (AvgIpc) is 2.53. The monoisotopic (exact) mass is 283 g/mol. The van der Waals surface area contributed by atoms with Crippen LogP contribution in [-0.2, 0) is 9.59 Å². The topological polar surface area (TPSA) is 85.0 Å². The summed E-state index contributed by atoms with van der Waals surface area (Å²) in [7, 11) is 1.39. The summed E-state index contributed by atoms with van der Waals surface area (Å²) in [4.78, 5) is 25.0. The van der Waals surface area contributed by atoms with Crippen LogP contribution in [0.1, 0.15) is 0 Å². The SMILES string of the molecule is CN1C(=O)C2=C(SC(C(=S)C#N)C(=N)S2)C1=O. The number of nitrogens with zero attached hydrogens (tertiary/aromatic N) is 2.